The van der Waals surface area contributed by atoms with Crippen LogP contribution in [0.3, 0.4) is 0 Å². The van der Waals surface area contributed by atoms with Crippen LogP contribution < -0.4 is 11.1 Å². The Morgan fingerprint density at radius 3 is 2.79 bits per heavy atom. The van der Waals surface area contributed by atoms with Gasteiger partial charge >= 0.3 is 0 Å². The zero-order valence-corrected chi connectivity index (χ0v) is 11.0. The third-order valence-corrected chi connectivity index (χ3v) is 2.44. The van der Waals surface area contributed by atoms with Gasteiger partial charge in [0.2, 0.25) is 0 Å². The molecule has 3 N–H and O–H groups in total. The first kappa shape index (κ1) is 13.0. The van der Waals surface area contributed by atoms with E-state index in [4.69, 9.17) is 10.3 Å². The maximum atomic E-state index is 12.1. The average molecular weight is 261 g/mol. The lowest BCUT2D eigenvalue weighted by atomic mass is 10.2. The van der Waals surface area contributed by atoms with Crippen LogP contribution in [-0.2, 0) is 0 Å². The van der Waals surface area contributed by atoms with Crippen LogP contribution in [0.2, 0.25) is 0 Å². The summed E-state index contributed by atoms with van der Waals surface area (Å²) in [4.78, 5) is 20.3. The fraction of sp³-hybridized carbons (Fsp3) is 0.333. The van der Waals surface area contributed by atoms with Gasteiger partial charge < -0.3 is 15.6 Å². The minimum Gasteiger partial charge on any atom is -0.396 e. The van der Waals surface area contributed by atoms with Gasteiger partial charge in [0.15, 0.2) is 11.5 Å². The molecule has 0 unspecified atom stereocenters. The van der Waals surface area contributed by atoms with E-state index in [0.717, 1.165) is 0 Å². The molecule has 0 fully saturated rings. The smallest absolute Gasteiger partial charge is 0.277 e. The van der Waals surface area contributed by atoms with Crippen LogP contribution in [0, 0.1) is 6.92 Å². The highest BCUT2D eigenvalue weighted by Gasteiger charge is 2.16. The van der Waals surface area contributed by atoms with Crippen LogP contribution in [0.5, 0.6) is 0 Å². The number of rotatable bonds is 3. The minimum atomic E-state index is -0.435. The van der Waals surface area contributed by atoms with Gasteiger partial charge in [0.05, 0.1) is 11.9 Å². The van der Waals surface area contributed by atoms with E-state index in [0.29, 0.717) is 17.4 Å². The highest BCUT2D eigenvalue weighted by Crippen LogP contribution is 2.15. The molecule has 0 aliphatic carbocycles. The molecule has 0 aliphatic heterocycles. The number of carbonyl (C=O) groups is 1. The Kier molecular flexibility index (Phi) is 3.46. The van der Waals surface area contributed by atoms with Crippen molar-refractivity contribution in [2.45, 2.75) is 26.7 Å². The normalized spacial score (nSPS) is 10.7. The van der Waals surface area contributed by atoms with Gasteiger partial charge in [-0.2, -0.15) is 0 Å². The molecule has 0 saturated heterocycles. The zero-order valence-electron chi connectivity index (χ0n) is 11.0. The Bertz CT molecular complexity index is 606. The van der Waals surface area contributed by atoms with E-state index < -0.39 is 5.91 Å². The summed E-state index contributed by atoms with van der Waals surface area (Å²) in [6.07, 6.45) is 1.44. The SMILES string of the molecule is Cc1cc(NC(=O)c2nc(C(C)C)ncc2N)no1. The summed E-state index contributed by atoms with van der Waals surface area (Å²) < 4.78 is 4.86. The largest absolute Gasteiger partial charge is 0.396 e. The van der Waals surface area contributed by atoms with Crippen molar-refractivity contribution in [3.8, 4) is 0 Å². The molecule has 0 radical (unpaired) electrons. The molecule has 0 saturated carbocycles. The number of hydrogen-bond acceptors (Lipinski definition) is 6. The summed E-state index contributed by atoms with van der Waals surface area (Å²) in [7, 11) is 0. The Morgan fingerprint density at radius 1 is 1.47 bits per heavy atom. The van der Waals surface area contributed by atoms with E-state index in [-0.39, 0.29) is 17.3 Å². The van der Waals surface area contributed by atoms with Crippen LogP contribution in [0.25, 0.3) is 0 Å². The maximum absolute atomic E-state index is 12.1. The predicted molar refractivity (Wildman–Crippen MR) is 69.7 cm³/mol. The van der Waals surface area contributed by atoms with Gasteiger partial charge in [-0.05, 0) is 6.92 Å². The number of nitrogens with two attached hydrogens (primary N) is 1. The summed E-state index contributed by atoms with van der Waals surface area (Å²) in [5, 5.41) is 6.25. The molecule has 7 heteroatoms. The van der Waals surface area contributed by atoms with Crippen molar-refractivity contribution in [2.75, 3.05) is 11.1 Å². The van der Waals surface area contributed by atoms with Crippen molar-refractivity contribution < 1.29 is 9.32 Å². The topological polar surface area (TPSA) is 107 Å². The lowest BCUT2D eigenvalue weighted by molar-refractivity contribution is 0.102. The second-order valence-electron chi connectivity index (χ2n) is 4.46. The Morgan fingerprint density at radius 2 is 2.21 bits per heavy atom. The first-order chi connectivity index (χ1) is 8.97. The first-order valence-corrected chi connectivity index (χ1v) is 5.84. The fourth-order valence-corrected chi connectivity index (χ4v) is 1.47. The number of anilines is 2. The second-order valence-corrected chi connectivity index (χ2v) is 4.46. The third-order valence-electron chi connectivity index (χ3n) is 2.44. The molecule has 2 heterocycles. The number of nitrogen functional groups attached to an aromatic ring is 1. The van der Waals surface area contributed by atoms with E-state index in [2.05, 4.69) is 20.4 Å². The fourth-order valence-electron chi connectivity index (χ4n) is 1.47. The van der Waals surface area contributed by atoms with Crippen molar-refractivity contribution >= 4 is 17.4 Å². The molecular weight excluding hydrogens is 246 g/mol. The number of hydrogen-bond donors (Lipinski definition) is 2. The van der Waals surface area contributed by atoms with Gasteiger partial charge in [-0.3, -0.25) is 4.79 Å². The van der Waals surface area contributed by atoms with Crippen molar-refractivity contribution in [2.24, 2.45) is 0 Å². The van der Waals surface area contributed by atoms with Gasteiger partial charge in [0, 0.05) is 12.0 Å². The molecule has 2 aromatic heterocycles. The van der Waals surface area contributed by atoms with Crippen LogP contribution in [0.4, 0.5) is 11.5 Å². The maximum Gasteiger partial charge on any atom is 0.277 e. The molecule has 1 amide bonds. The number of carbonyl (C=O) groups excluding carboxylic acids is 1. The summed E-state index contributed by atoms with van der Waals surface area (Å²) in [6, 6.07) is 1.61. The molecular formula is C12H15N5O2. The number of nitrogens with one attached hydrogen (secondary N) is 1. The van der Waals surface area contributed by atoms with Gasteiger partial charge in [-0.25, -0.2) is 9.97 Å². The van der Waals surface area contributed by atoms with Gasteiger partial charge in [-0.15, -0.1) is 0 Å². The van der Waals surface area contributed by atoms with E-state index in [1.54, 1.807) is 13.0 Å². The predicted octanol–water partition coefficient (Wildman–Crippen LogP) is 1.73. The summed E-state index contributed by atoms with van der Waals surface area (Å²) in [6.45, 7) is 5.61. The van der Waals surface area contributed by atoms with Crippen molar-refractivity contribution in [3.05, 3.63) is 29.5 Å². The molecule has 0 atom stereocenters. The molecule has 0 bridgehead atoms. The molecule has 0 aliphatic rings. The lowest BCUT2D eigenvalue weighted by Crippen LogP contribution is -2.18. The van der Waals surface area contributed by atoms with E-state index in [1.807, 2.05) is 13.8 Å². The Balaban J connectivity index is 2.25. The van der Waals surface area contributed by atoms with E-state index in [1.165, 1.54) is 6.20 Å². The highest BCUT2D eigenvalue weighted by atomic mass is 16.5. The minimum absolute atomic E-state index is 0.112. The number of aryl methyl sites for hydroxylation is 1. The molecule has 100 valence electrons. The lowest BCUT2D eigenvalue weighted by Gasteiger charge is -2.08. The Labute approximate surface area is 110 Å². The molecule has 0 spiro atoms. The summed E-state index contributed by atoms with van der Waals surface area (Å²) in [5.41, 5.74) is 6.08. The Hall–Kier alpha value is -2.44. The molecule has 2 aromatic rings. The van der Waals surface area contributed by atoms with Crippen LogP contribution in [0.15, 0.2) is 16.8 Å². The van der Waals surface area contributed by atoms with Crippen LogP contribution in [0.1, 0.15) is 41.8 Å². The standard InChI is InChI=1S/C12H15N5O2/c1-6(2)11-14-5-8(13)10(16-11)12(18)15-9-4-7(3)19-17-9/h4-6H,13H2,1-3H3,(H,15,17,18). The van der Waals surface area contributed by atoms with Crippen molar-refractivity contribution in [1.82, 2.24) is 15.1 Å². The van der Waals surface area contributed by atoms with Crippen LogP contribution >= 0.6 is 0 Å². The number of nitrogens with zero attached hydrogens (tertiary/aromatic N) is 3. The third kappa shape index (κ3) is 2.87. The zero-order chi connectivity index (χ0) is 14.0. The van der Waals surface area contributed by atoms with Gasteiger partial charge in [-0.1, -0.05) is 19.0 Å². The number of amides is 1. The molecule has 2 rings (SSSR count). The highest BCUT2D eigenvalue weighted by molar-refractivity contribution is 6.05. The van der Waals surface area contributed by atoms with Crippen molar-refractivity contribution in [3.63, 3.8) is 0 Å². The second kappa shape index (κ2) is 5.05. The van der Waals surface area contributed by atoms with E-state index in [9.17, 15) is 4.79 Å². The molecule has 0 aromatic carbocycles. The summed E-state index contributed by atoms with van der Waals surface area (Å²) >= 11 is 0. The number of aromatic nitrogens is 3. The monoisotopic (exact) mass is 261 g/mol. The van der Waals surface area contributed by atoms with Crippen molar-refractivity contribution in [1.29, 1.82) is 0 Å². The first-order valence-electron chi connectivity index (χ1n) is 5.84. The van der Waals surface area contributed by atoms with Gasteiger partial charge in [0.25, 0.3) is 5.91 Å². The van der Waals surface area contributed by atoms with E-state index >= 15 is 0 Å². The molecule has 7 nitrogen and oxygen atoms in total. The van der Waals surface area contributed by atoms with Gasteiger partial charge in [0.1, 0.15) is 11.6 Å². The quantitative estimate of drug-likeness (QED) is 0.871. The summed E-state index contributed by atoms with van der Waals surface area (Å²) in [5.74, 6) is 1.17. The molecule has 19 heavy (non-hydrogen) atoms. The van der Waals surface area contributed by atoms with Crippen LogP contribution in [-0.4, -0.2) is 21.0 Å². The average Bonchev–Trinajstić information content (AvgIpc) is 2.74.